The largest absolute Gasteiger partial charge is 0.357 e. The maximum atomic E-state index is 13.5. The van der Waals surface area contributed by atoms with Crippen LogP contribution in [0.25, 0.3) is 6.08 Å². The fourth-order valence-electron chi connectivity index (χ4n) is 4.94. The van der Waals surface area contributed by atoms with Gasteiger partial charge in [-0.15, -0.1) is 0 Å². The third-order valence-corrected chi connectivity index (χ3v) is 8.66. The summed E-state index contributed by atoms with van der Waals surface area (Å²) in [6, 6.07) is 12.2. The quantitative estimate of drug-likeness (QED) is 0.329. The van der Waals surface area contributed by atoms with Crippen LogP contribution >= 0.6 is 24.0 Å². The molecule has 8 heteroatoms. The maximum Gasteiger partial charge on any atom is 0.270 e. The molecule has 4 rings (SSSR count). The van der Waals surface area contributed by atoms with E-state index >= 15 is 0 Å². The van der Waals surface area contributed by atoms with Crippen LogP contribution in [0.3, 0.4) is 0 Å². The summed E-state index contributed by atoms with van der Waals surface area (Å²) in [5.41, 5.74) is 2.47. The van der Waals surface area contributed by atoms with Gasteiger partial charge in [-0.2, -0.15) is 5.26 Å². The first-order valence-corrected chi connectivity index (χ1v) is 14.3. The van der Waals surface area contributed by atoms with E-state index in [1.807, 2.05) is 43.3 Å². The highest BCUT2D eigenvalue weighted by Gasteiger charge is 2.33. The number of carbonyl (C=O) groups excluding carboxylic acids is 1. The summed E-state index contributed by atoms with van der Waals surface area (Å²) in [6.07, 6.45) is 6.45. The SMILES string of the molecule is CCCCn1c(N2CCC(C)CC2)c(/C=C2/SC(=S)N(CCc3ccccc3)C2=O)c(C)c(C#N)c1=O. The van der Waals surface area contributed by atoms with E-state index in [0.29, 0.717) is 33.8 Å². The Labute approximate surface area is 229 Å². The highest BCUT2D eigenvalue weighted by Crippen LogP contribution is 2.37. The van der Waals surface area contributed by atoms with Crippen LogP contribution in [0.1, 0.15) is 61.8 Å². The lowest BCUT2D eigenvalue weighted by Gasteiger charge is -2.35. The standard InChI is InChI=1S/C29H34N4O2S2/c1-4-5-14-32-26(31-15-11-20(2)12-16-31)23(21(3)24(19-30)27(32)34)18-25-28(35)33(29(36)37-25)17-13-22-9-7-6-8-10-22/h6-10,18,20H,4-5,11-17H2,1-3H3/b25-18+. The number of nitriles is 1. The number of thiocarbonyl (C=S) groups is 1. The number of anilines is 1. The second-order valence-electron chi connectivity index (χ2n) is 9.90. The van der Waals surface area contributed by atoms with Crippen LogP contribution in [0.4, 0.5) is 5.82 Å². The van der Waals surface area contributed by atoms with Gasteiger partial charge in [0.25, 0.3) is 11.5 Å². The molecule has 1 amide bonds. The zero-order chi connectivity index (χ0) is 26.5. The molecule has 0 saturated carbocycles. The smallest absolute Gasteiger partial charge is 0.270 e. The Bertz CT molecular complexity index is 1300. The minimum absolute atomic E-state index is 0.117. The maximum absolute atomic E-state index is 13.5. The number of rotatable bonds is 8. The van der Waals surface area contributed by atoms with Gasteiger partial charge in [0.15, 0.2) is 0 Å². The van der Waals surface area contributed by atoms with Crippen LogP contribution in [-0.2, 0) is 17.8 Å². The first-order valence-electron chi connectivity index (χ1n) is 13.1. The molecule has 3 heterocycles. The topological polar surface area (TPSA) is 69.3 Å². The molecule has 0 N–H and O–H groups in total. The molecule has 194 valence electrons. The number of hydrogen-bond donors (Lipinski definition) is 0. The predicted molar refractivity (Wildman–Crippen MR) is 156 cm³/mol. The molecular formula is C29H34N4O2S2. The monoisotopic (exact) mass is 534 g/mol. The fourth-order valence-corrected chi connectivity index (χ4v) is 6.23. The highest BCUT2D eigenvalue weighted by atomic mass is 32.2. The minimum Gasteiger partial charge on any atom is -0.357 e. The number of piperidine rings is 1. The zero-order valence-corrected chi connectivity index (χ0v) is 23.5. The molecule has 0 bridgehead atoms. The van der Waals surface area contributed by atoms with Crippen molar-refractivity contribution < 1.29 is 4.79 Å². The summed E-state index contributed by atoms with van der Waals surface area (Å²) >= 11 is 6.89. The first kappa shape index (κ1) is 27.2. The molecule has 1 aromatic carbocycles. The molecule has 0 unspecified atom stereocenters. The second-order valence-corrected chi connectivity index (χ2v) is 11.6. The number of unbranched alkanes of at least 4 members (excludes halogenated alkanes) is 1. The Balaban J connectivity index is 1.76. The predicted octanol–water partition coefficient (Wildman–Crippen LogP) is 5.51. The molecule has 2 aliphatic rings. The number of thioether (sulfide) groups is 1. The van der Waals surface area contributed by atoms with Gasteiger partial charge in [-0.05, 0) is 55.7 Å². The van der Waals surface area contributed by atoms with Crippen LogP contribution in [0, 0.1) is 24.2 Å². The van der Waals surface area contributed by atoms with E-state index in [-0.39, 0.29) is 17.0 Å². The van der Waals surface area contributed by atoms with E-state index in [1.54, 1.807) is 9.47 Å². The van der Waals surface area contributed by atoms with Gasteiger partial charge in [-0.25, -0.2) is 0 Å². The van der Waals surface area contributed by atoms with Crippen molar-refractivity contribution >= 4 is 46.1 Å². The Kier molecular flexibility index (Phi) is 8.88. The highest BCUT2D eigenvalue weighted by molar-refractivity contribution is 8.26. The summed E-state index contributed by atoms with van der Waals surface area (Å²) in [6.45, 7) is 8.92. The lowest BCUT2D eigenvalue weighted by Crippen LogP contribution is -2.39. The summed E-state index contributed by atoms with van der Waals surface area (Å²) in [5.74, 6) is 1.35. The van der Waals surface area contributed by atoms with Gasteiger partial charge in [0.1, 0.15) is 21.8 Å². The Morgan fingerprint density at radius 2 is 1.86 bits per heavy atom. The van der Waals surface area contributed by atoms with Gasteiger partial charge >= 0.3 is 0 Å². The van der Waals surface area contributed by atoms with E-state index in [2.05, 4.69) is 24.8 Å². The van der Waals surface area contributed by atoms with Gasteiger partial charge in [0.2, 0.25) is 0 Å². The number of carbonyl (C=O) groups is 1. The van der Waals surface area contributed by atoms with Crippen molar-refractivity contribution in [1.29, 1.82) is 5.26 Å². The molecule has 0 radical (unpaired) electrons. The van der Waals surface area contributed by atoms with Crippen molar-refractivity contribution in [2.75, 3.05) is 24.5 Å². The second kappa shape index (κ2) is 12.1. The number of hydrogen-bond acceptors (Lipinski definition) is 6. The van der Waals surface area contributed by atoms with Crippen molar-refractivity contribution in [3.8, 4) is 6.07 Å². The fraction of sp³-hybridized carbons (Fsp3) is 0.448. The lowest BCUT2D eigenvalue weighted by molar-refractivity contribution is -0.122. The van der Waals surface area contributed by atoms with Crippen LogP contribution in [0.5, 0.6) is 0 Å². The number of aromatic nitrogens is 1. The van der Waals surface area contributed by atoms with E-state index in [1.165, 1.54) is 11.8 Å². The number of amides is 1. The van der Waals surface area contributed by atoms with E-state index in [9.17, 15) is 14.9 Å². The Morgan fingerprint density at radius 1 is 1.16 bits per heavy atom. The molecule has 2 fully saturated rings. The van der Waals surface area contributed by atoms with Crippen molar-refractivity contribution in [1.82, 2.24) is 9.47 Å². The molecule has 1 aromatic heterocycles. The Morgan fingerprint density at radius 3 is 2.51 bits per heavy atom. The van der Waals surface area contributed by atoms with Gasteiger partial charge in [-0.1, -0.05) is 74.6 Å². The van der Waals surface area contributed by atoms with Crippen LogP contribution in [0.15, 0.2) is 40.0 Å². The van der Waals surface area contributed by atoms with Gasteiger partial charge in [-0.3, -0.25) is 19.1 Å². The molecule has 0 spiro atoms. The molecule has 37 heavy (non-hydrogen) atoms. The number of pyridine rings is 1. The molecule has 2 saturated heterocycles. The van der Waals surface area contributed by atoms with E-state index < -0.39 is 0 Å². The molecule has 6 nitrogen and oxygen atoms in total. The third kappa shape index (κ3) is 5.83. The molecular weight excluding hydrogens is 500 g/mol. The third-order valence-electron chi connectivity index (χ3n) is 7.28. The number of benzene rings is 1. The molecule has 0 aliphatic carbocycles. The summed E-state index contributed by atoms with van der Waals surface area (Å²) in [5, 5.41) is 9.89. The van der Waals surface area contributed by atoms with Gasteiger partial charge < -0.3 is 4.90 Å². The van der Waals surface area contributed by atoms with Gasteiger partial charge in [0.05, 0.1) is 4.91 Å². The summed E-state index contributed by atoms with van der Waals surface area (Å²) in [4.78, 5) is 31.4. The van der Waals surface area contributed by atoms with Crippen LogP contribution < -0.4 is 10.5 Å². The molecule has 2 aliphatic heterocycles. The first-order chi connectivity index (χ1) is 17.8. The van der Waals surface area contributed by atoms with E-state index in [4.69, 9.17) is 12.2 Å². The van der Waals surface area contributed by atoms with Crippen molar-refractivity contribution in [2.45, 2.75) is 59.4 Å². The number of nitrogens with zero attached hydrogens (tertiary/aromatic N) is 4. The normalized spacial score (nSPS) is 17.6. The zero-order valence-electron chi connectivity index (χ0n) is 21.8. The van der Waals surface area contributed by atoms with E-state index in [0.717, 1.165) is 62.1 Å². The minimum atomic E-state index is -0.241. The average molecular weight is 535 g/mol. The lowest BCUT2D eigenvalue weighted by atomic mass is 9.97. The van der Waals surface area contributed by atoms with Crippen molar-refractivity contribution in [3.05, 3.63) is 67.8 Å². The summed E-state index contributed by atoms with van der Waals surface area (Å²) in [7, 11) is 0. The summed E-state index contributed by atoms with van der Waals surface area (Å²) < 4.78 is 2.31. The van der Waals surface area contributed by atoms with Crippen molar-refractivity contribution in [2.24, 2.45) is 5.92 Å². The van der Waals surface area contributed by atoms with Crippen LogP contribution in [0.2, 0.25) is 0 Å². The molecule has 2 aromatic rings. The Hall–Kier alpha value is -2.89. The van der Waals surface area contributed by atoms with Gasteiger partial charge in [0, 0.05) is 31.7 Å². The average Bonchev–Trinajstić information content (AvgIpc) is 3.17. The van der Waals surface area contributed by atoms with Crippen molar-refractivity contribution in [3.63, 3.8) is 0 Å². The molecule has 0 atom stereocenters. The van der Waals surface area contributed by atoms with Crippen LogP contribution in [-0.4, -0.2) is 39.3 Å².